The minimum absolute atomic E-state index is 0.203. The third-order valence-corrected chi connectivity index (χ3v) is 5.20. The van der Waals surface area contributed by atoms with Crippen LogP contribution in [0.2, 0.25) is 0 Å². The minimum Gasteiger partial charge on any atom is -0.468 e. The number of benzene rings is 1. The molecule has 6 heteroatoms. The molecule has 2 aromatic rings. The van der Waals surface area contributed by atoms with E-state index in [1.54, 1.807) is 0 Å². The van der Waals surface area contributed by atoms with E-state index in [9.17, 15) is 4.79 Å². The number of carbonyl (C=O) groups is 1. The number of nitrogens with zero attached hydrogens (tertiary/aromatic N) is 2. The molecule has 1 aliphatic rings. The van der Waals surface area contributed by atoms with Crippen molar-refractivity contribution in [3.8, 4) is 11.3 Å². The molecule has 2 unspecified atom stereocenters. The van der Waals surface area contributed by atoms with Gasteiger partial charge >= 0.3 is 5.97 Å². The molecule has 1 saturated heterocycles. The number of ether oxygens (including phenoxy) is 2. The summed E-state index contributed by atoms with van der Waals surface area (Å²) in [6.07, 6.45) is 4.23. The standard InChI is InChI=1S/C18H22N2O3S/c1-13(17(21)22-2)24-18-19-11-16(14-7-4-3-5-8-14)20(18)12-15-9-6-10-23-15/h3-5,7-8,11,13,15H,6,9-10,12H2,1-2H3. The Morgan fingerprint density at radius 3 is 2.92 bits per heavy atom. The summed E-state index contributed by atoms with van der Waals surface area (Å²) in [5.74, 6) is -0.243. The maximum atomic E-state index is 11.7. The van der Waals surface area contributed by atoms with Gasteiger partial charge in [-0.15, -0.1) is 0 Å². The van der Waals surface area contributed by atoms with E-state index < -0.39 is 0 Å². The summed E-state index contributed by atoms with van der Waals surface area (Å²) in [7, 11) is 1.41. The van der Waals surface area contributed by atoms with Gasteiger partial charge in [-0.1, -0.05) is 42.1 Å². The molecule has 1 aromatic carbocycles. The smallest absolute Gasteiger partial charge is 0.318 e. The minimum atomic E-state index is -0.302. The Morgan fingerprint density at radius 1 is 1.46 bits per heavy atom. The maximum Gasteiger partial charge on any atom is 0.318 e. The summed E-state index contributed by atoms with van der Waals surface area (Å²) >= 11 is 1.42. The molecule has 0 aliphatic carbocycles. The van der Waals surface area contributed by atoms with Gasteiger partial charge in [-0.2, -0.15) is 0 Å². The van der Waals surface area contributed by atoms with Gasteiger partial charge in [0.05, 0.1) is 31.6 Å². The van der Waals surface area contributed by atoms with E-state index in [1.165, 1.54) is 18.9 Å². The molecule has 0 saturated carbocycles. The second kappa shape index (κ2) is 7.85. The third kappa shape index (κ3) is 3.82. The molecule has 3 rings (SSSR count). The highest BCUT2D eigenvalue weighted by molar-refractivity contribution is 8.00. The first-order valence-electron chi connectivity index (χ1n) is 8.16. The van der Waals surface area contributed by atoms with Crippen LogP contribution in [-0.4, -0.2) is 40.6 Å². The number of rotatable bonds is 6. The molecule has 0 radical (unpaired) electrons. The second-order valence-electron chi connectivity index (χ2n) is 5.82. The molecule has 2 heterocycles. The van der Waals surface area contributed by atoms with E-state index in [0.717, 1.165) is 42.4 Å². The first-order valence-corrected chi connectivity index (χ1v) is 9.04. The quantitative estimate of drug-likeness (QED) is 0.593. The van der Waals surface area contributed by atoms with Crippen LogP contribution in [0, 0.1) is 0 Å². The number of imidazole rings is 1. The fraction of sp³-hybridized carbons (Fsp3) is 0.444. The number of hydrogen-bond donors (Lipinski definition) is 0. The first-order chi connectivity index (χ1) is 11.7. The molecule has 0 bridgehead atoms. The average Bonchev–Trinajstić information content (AvgIpc) is 3.26. The zero-order valence-corrected chi connectivity index (χ0v) is 14.8. The van der Waals surface area contributed by atoms with E-state index in [-0.39, 0.29) is 17.3 Å². The monoisotopic (exact) mass is 346 g/mol. The van der Waals surface area contributed by atoms with Crippen molar-refractivity contribution in [1.29, 1.82) is 0 Å². The van der Waals surface area contributed by atoms with Gasteiger partial charge in [-0.05, 0) is 25.3 Å². The van der Waals surface area contributed by atoms with Crippen molar-refractivity contribution in [1.82, 2.24) is 9.55 Å². The molecular formula is C18H22N2O3S. The highest BCUT2D eigenvalue weighted by atomic mass is 32.2. The van der Waals surface area contributed by atoms with Crippen LogP contribution in [-0.2, 0) is 20.8 Å². The van der Waals surface area contributed by atoms with E-state index >= 15 is 0 Å². The lowest BCUT2D eigenvalue weighted by Crippen LogP contribution is -2.19. The van der Waals surface area contributed by atoms with Crippen molar-refractivity contribution in [2.24, 2.45) is 0 Å². The zero-order valence-electron chi connectivity index (χ0n) is 14.0. The van der Waals surface area contributed by atoms with E-state index in [1.807, 2.05) is 31.3 Å². The van der Waals surface area contributed by atoms with Crippen molar-refractivity contribution in [2.45, 2.75) is 42.8 Å². The predicted octanol–water partition coefficient (Wildman–Crippen LogP) is 3.38. The SMILES string of the molecule is COC(=O)C(C)Sc1ncc(-c2ccccc2)n1CC1CCCO1. The lowest BCUT2D eigenvalue weighted by Gasteiger charge is -2.17. The van der Waals surface area contributed by atoms with Crippen LogP contribution >= 0.6 is 11.8 Å². The van der Waals surface area contributed by atoms with Gasteiger partial charge in [-0.3, -0.25) is 4.79 Å². The van der Waals surface area contributed by atoms with Gasteiger partial charge in [0.2, 0.25) is 0 Å². The number of hydrogen-bond acceptors (Lipinski definition) is 5. The average molecular weight is 346 g/mol. The fourth-order valence-electron chi connectivity index (χ4n) is 2.83. The molecule has 1 aliphatic heterocycles. The van der Waals surface area contributed by atoms with Gasteiger partial charge in [0.15, 0.2) is 5.16 Å². The molecule has 0 spiro atoms. The Labute approximate surface area is 146 Å². The molecular weight excluding hydrogens is 324 g/mol. The second-order valence-corrected chi connectivity index (χ2v) is 7.13. The van der Waals surface area contributed by atoms with Crippen LogP contribution in [0.5, 0.6) is 0 Å². The van der Waals surface area contributed by atoms with Gasteiger partial charge in [0.25, 0.3) is 0 Å². The Morgan fingerprint density at radius 2 is 2.25 bits per heavy atom. The van der Waals surface area contributed by atoms with Crippen LogP contribution < -0.4 is 0 Å². The van der Waals surface area contributed by atoms with Crippen LogP contribution in [0.25, 0.3) is 11.3 Å². The van der Waals surface area contributed by atoms with Crippen LogP contribution in [0.4, 0.5) is 0 Å². The highest BCUT2D eigenvalue weighted by Crippen LogP contribution is 2.30. The van der Waals surface area contributed by atoms with Gasteiger partial charge in [-0.25, -0.2) is 4.98 Å². The molecule has 5 nitrogen and oxygen atoms in total. The summed E-state index contributed by atoms with van der Waals surface area (Å²) in [4.78, 5) is 16.3. The lowest BCUT2D eigenvalue weighted by molar-refractivity contribution is -0.139. The van der Waals surface area contributed by atoms with Gasteiger partial charge in [0.1, 0.15) is 5.25 Å². The summed E-state index contributed by atoms with van der Waals surface area (Å²) < 4.78 is 12.8. The highest BCUT2D eigenvalue weighted by Gasteiger charge is 2.23. The fourth-order valence-corrected chi connectivity index (χ4v) is 3.76. The van der Waals surface area contributed by atoms with Crippen molar-refractivity contribution in [2.75, 3.05) is 13.7 Å². The van der Waals surface area contributed by atoms with Crippen molar-refractivity contribution in [3.05, 3.63) is 36.5 Å². The van der Waals surface area contributed by atoms with Crippen molar-refractivity contribution < 1.29 is 14.3 Å². The van der Waals surface area contributed by atoms with Crippen molar-refractivity contribution >= 4 is 17.7 Å². The number of esters is 1. The van der Waals surface area contributed by atoms with Gasteiger partial charge in [0, 0.05) is 6.61 Å². The molecule has 1 fully saturated rings. The summed E-state index contributed by atoms with van der Waals surface area (Å²) in [6, 6.07) is 10.2. The lowest BCUT2D eigenvalue weighted by atomic mass is 10.1. The molecule has 1 aromatic heterocycles. The summed E-state index contributed by atoms with van der Waals surface area (Å²) in [5, 5.41) is 0.520. The number of thioether (sulfide) groups is 1. The Bertz CT molecular complexity index is 681. The molecule has 0 amide bonds. The first kappa shape index (κ1) is 17.0. The van der Waals surface area contributed by atoms with E-state index in [4.69, 9.17) is 9.47 Å². The van der Waals surface area contributed by atoms with E-state index in [0.29, 0.717) is 0 Å². The zero-order chi connectivity index (χ0) is 16.9. The molecule has 128 valence electrons. The van der Waals surface area contributed by atoms with Crippen molar-refractivity contribution in [3.63, 3.8) is 0 Å². The maximum absolute atomic E-state index is 11.7. The topological polar surface area (TPSA) is 53.3 Å². The largest absolute Gasteiger partial charge is 0.468 e. The predicted molar refractivity (Wildman–Crippen MR) is 94.0 cm³/mol. The van der Waals surface area contributed by atoms with E-state index in [2.05, 4.69) is 21.7 Å². The van der Waals surface area contributed by atoms with Crippen LogP contribution in [0.3, 0.4) is 0 Å². The van der Waals surface area contributed by atoms with Crippen LogP contribution in [0.15, 0.2) is 41.7 Å². The number of aromatic nitrogens is 2. The van der Waals surface area contributed by atoms with Gasteiger partial charge < -0.3 is 14.0 Å². The normalized spacial score (nSPS) is 18.5. The van der Waals surface area contributed by atoms with Crippen LogP contribution in [0.1, 0.15) is 19.8 Å². The Kier molecular flexibility index (Phi) is 5.58. The summed E-state index contributed by atoms with van der Waals surface area (Å²) in [6.45, 7) is 3.41. The third-order valence-electron chi connectivity index (χ3n) is 4.11. The molecule has 2 atom stereocenters. The Hall–Kier alpha value is -1.79. The Balaban J connectivity index is 1.90. The number of methoxy groups -OCH3 is 1. The summed E-state index contributed by atoms with van der Waals surface area (Å²) in [5.41, 5.74) is 2.16. The molecule has 24 heavy (non-hydrogen) atoms. The molecule has 0 N–H and O–H groups in total. The number of carbonyl (C=O) groups excluding carboxylic acids is 1.